The molecule has 0 saturated carbocycles. The van der Waals surface area contributed by atoms with E-state index in [4.69, 9.17) is 15.6 Å². The first-order chi connectivity index (χ1) is 7.72. The molecule has 0 amide bonds. The van der Waals surface area contributed by atoms with Crippen LogP contribution in [-0.2, 0) is 6.42 Å². The SMILES string of the molecule is CC(N)C(CCO)c1ccc2c(c1)CCO2. The van der Waals surface area contributed by atoms with Crippen LogP contribution in [0.15, 0.2) is 18.2 Å². The molecule has 0 spiro atoms. The number of aliphatic hydroxyl groups is 1. The standard InChI is InChI=1S/C13H19NO2/c1-9(14)12(4-6-15)10-2-3-13-11(8-10)5-7-16-13/h2-3,8-9,12,15H,4-7,14H2,1H3. The van der Waals surface area contributed by atoms with Crippen LogP contribution in [0.3, 0.4) is 0 Å². The molecule has 3 heteroatoms. The molecule has 0 saturated heterocycles. The van der Waals surface area contributed by atoms with Crippen molar-refractivity contribution in [3.05, 3.63) is 29.3 Å². The lowest BCUT2D eigenvalue weighted by Crippen LogP contribution is -2.25. The molecular weight excluding hydrogens is 202 g/mol. The van der Waals surface area contributed by atoms with Gasteiger partial charge in [-0.15, -0.1) is 0 Å². The predicted octanol–water partition coefficient (Wildman–Crippen LogP) is 1.43. The molecule has 0 aliphatic carbocycles. The van der Waals surface area contributed by atoms with Crippen LogP contribution in [0.25, 0.3) is 0 Å². The van der Waals surface area contributed by atoms with E-state index < -0.39 is 0 Å². The van der Waals surface area contributed by atoms with Crippen molar-refractivity contribution in [3.63, 3.8) is 0 Å². The fourth-order valence-electron chi connectivity index (χ4n) is 2.31. The highest BCUT2D eigenvalue weighted by Gasteiger charge is 2.19. The van der Waals surface area contributed by atoms with Gasteiger partial charge in [-0.25, -0.2) is 0 Å². The quantitative estimate of drug-likeness (QED) is 0.808. The summed E-state index contributed by atoms with van der Waals surface area (Å²) in [6.45, 7) is 2.95. The van der Waals surface area contributed by atoms with E-state index in [2.05, 4.69) is 12.1 Å². The topological polar surface area (TPSA) is 55.5 Å². The molecule has 1 heterocycles. The second kappa shape index (κ2) is 4.85. The lowest BCUT2D eigenvalue weighted by molar-refractivity contribution is 0.269. The van der Waals surface area contributed by atoms with E-state index >= 15 is 0 Å². The van der Waals surface area contributed by atoms with Gasteiger partial charge < -0.3 is 15.6 Å². The zero-order chi connectivity index (χ0) is 11.5. The minimum Gasteiger partial charge on any atom is -0.493 e. The van der Waals surface area contributed by atoms with Gasteiger partial charge in [-0.1, -0.05) is 12.1 Å². The molecule has 2 unspecified atom stereocenters. The molecule has 0 fully saturated rings. The third-order valence-corrected chi connectivity index (χ3v) is 3.22. The van der Waals surface area contributed by atoms with Gasteiger partial charge in [-0.2, -0.15) is 0 Å². The predicted molar refractivity (Wildman–Crippen MR) is 63.7 cm³/mol. The van der Waals surface area contributed by atoms with Crippen molar-refractivity contribution in [2.75, 3.05) is 13.2 Å². The summed E-state index contributed by atoms with van der Waals surface area (Å²) in [6, 6.07) is 6.32. The zero-order valence-electron chi connectivity index (χ0n) is 9.65. The van der Waals surface area contributed by atoms with Crippen molar-refractivity contribution in [2.45, 2.75) is 31.7 Å². The highest BCUT2D eigenvalue weighted by atomic mass is 16.5. The van der Waals surface area contributed by atoms with Crippen LogP contribution in [0.4, 0.5) is 0 Å². The first-order valence-corrected chi connectivity index (χ1v) is 5.84. The van der Waals surface area contributed by atoms with Gasteiger partial charge in [0.25, 0.3) is 0 Å². The molecule has 1 aromatic rings. The fraction of sp³-hybridized carbons (Fsp3) is 0.538. The van der Waals surface area contributed by atoms with Crippen LogP contribution in [0.2, 0.25) is 0 Å². The largest absolute Gasteiger partial charge is 0.493 e. The summed E-state index contributed by atoms with van der Waals surface area (Å²) in [6.07, 6.45) is 1.70. The van der Waals surface area contributed by atoms with E-state index in [0.29, 0.717) is 0 Å². The van der Waals surface area contributed by atoms with Crippen molar-refractivity contribution in [3.8, 4) is 5.75 Å². The Labute approximate surface area is 96.2 Å². The number of hydrogen-bond donors (Lipinski definition) is 2. The monoisotopic (exact) mass is 221 g/mol. The van der Waals surface area contributed by atoms with Crippen molar-refractivity contribution >= 4 is 0 Å². The van der Waals surface area contributed by atoms with E-state index in [-0.39, 0.29) is 18.6 Å². The van der Waals surface area contributed by atoms with E-state index in [9.17, 15) is 0 Å². The molecule has 3 N–H and O–H groups in total. The van der Waals surface area contributed by atoms with Gasteiger partial charge in [-0.05, 0) is 30.5 Å². The number of rotatable bonds is 4. The Kier molecular flexibility index (Phi) is 3.46. The average Bonchev–Trinajstić information content (AvgIpc) is 2.72. The molecule has 88 valence electrons. The van der Waals surface area contributed by atoms with Crippen LogP contribution in [0.1, 0.15) is 30.4 Å². The van der Waals surface area contributed by atoms with Crippen molar-refractivity contribution in [2.24, 2.45) is 5.73 Å². The van der Waals surface area contributed by atoms with E-state index in [0.717, 1.165) is 25.2 Å². The number of benzene rings is 1. The van der Waals surface area contributed by atoms with Gasteiger partial charge in [-0.3, -0.25) is 0 Å². The average molecular weight is 221 g/mol. The Morgan fingerprint density at radius 1 is 1.50 bits per heavy atom. The molecule has 2 atom stereocenters. The summed E-state index contributed by atoms with van der Waals surface area (Å²) in [5.41, 5.74) is 8.44. The first kappa shape index (κ1) is 11.4. The second-order valence-corrected chi connectivity index (χ2v) is 4.44. The Morgan fingerprint density at radius 3 is 3.00 bits per heavy atom. The van der Waals surface area contributed by atoms with Crippen LogP contribution in [0.5, 0.6) is 5.75 Å². The van der Waals surface area contributed by atoms with Crippen LogP contribution in [0, 0.1) is 0 Å². The maximum absolute atomic E-state index is 9.06. The molecule has 16 heavy (non-hydrogen) atoms. The maximum atomic E-state index is 9.06. The van der Waals surface area contributed by atoms with Crippen LogP contribution >= 0.6 is 0 Å². The minimum absolute atomic E-state index is 0.0625. The lowest BCUT2D eigenvalue weighted by atomic mass is 9.89. The summed E-state index contributed by atoms with van der Waals surface area (Å²) < 4.78 is 5.47. The number of hydrogen-bond acceptors (Lipinski definition) is 3. The summed E-state index contributed by atoms with van der Waals surface area (Å²) in [7, 11) is 0. The fourth-order valence-corrected chi connectivity index (χ4v) is 2.31. The highest BCUT2D eigenvalue weighted by Crippen LogP contribution is 2.30. The summed E-state index contributed by atoms with van der Waals surface area (Å²) in [4.78, 5) is 0. The number of ether oxygens (including phenoxy) is 1. The van der Waals surface area contributed by atoms with Crippen molar-refractivity contribution in [1.82, 2.24) is 0 Å². The van der Waals surface area contributed by atoms with Crippen molar-refractivity contribution < 1.29 is 9.84 Å². The van der Waals surface area contributed by atoms with Crippen LogP contribution < -0.4 is 10.5 Å². The van der Waals surface area contributed by atoms with E-state index in [1.807, 2.05) is 13.0 Å². The number of nitrogens with two attached hydrogens (primary N) is 1. The maximum Gasteiger partial charge on any atom is 0.122 e. The number of aliphatic hydroxyl groups excluding tert-OH is 1. The van der Waals surface area contributed by atoms with Crippen LogP contribution in [-0.4, -0.2) is 24.4 Å². The zero-order valence-corrected chi connectivity index (χ0v) is 9.65. The Hall–Kier alpha value is -1.06. The first-order valence-electron chi connectivity index (χ1n) is 5.84. The normalized spacial score (nSPS) is 17.7. The van der Waals surface area contributed by atoms with Gasteiger partial charge in [0.15, 0.2) is 0 Å². The molecule has 2 rings (SSSR count). The summed E-state index contributed by atoms with van der Waals surface area (Å²) in [5, 5.41) is 9.06. The second-order valence-electron chi connectivity index (χ2n) is 4.44. The Morgan fingerprint density at radius 2 is 2.31 bits per heavy atom. The smallest absolute Gasteiger partial charge is 0.122 e. The minimum atomic E-state index is 0.0625. The summed E-state index contributed by atoms with van der Waals surface area (Å²) >= 11 is 0. The third kappa shape index (κ3) is 2.20. The Bertz CT molecular complexity index is 363. The van der Waals surface area contributed by atoms with Gasteiger partial charge in [0.2, 0.25) is 0 Å². The molecular formula is C13H19NO2. The van der Waals surface area contributed by atoms with Gasteiger partial charge in [0, 0.05) is 25.0 Å². The molecule has 1 aliphatic rings. The molecule has 1 aliphatic heterocycles. The summed E-state index contributed by atoms with van der Waals surface area (Å²) in [5.74, 6) is 1.23. The van der Waals surface area contributed by atoms with Gasteiger partial charge in [0.05, 0.1) is 6.61 Å². The molecule has 1 aromatic carbocycles. The highest BCUT2D eigenvalue weighted by molar-refractivity contribution is 5.41. The Balaban J connectivity index is 2.24. The molecule has 3 nitrogen and oxygen atoms in total. The van der Waals surface area contributed by atoms with Gasteiger partial charge in [0.1, 0.15) is 5.75 Å². The van der Waals surface area contributed by atoms with Gasteiger partial charge >= 0.3 is 0 Å². The third-order valence-electron chi connectivity index (χ3n) is 3.22. The molecule has 0 bridgehead atoms. The van der Waals surface area contributed by atoms with E-state index in [1.165, 1.54) is 11.1 Å². The van der Waals surface area contributed by atoms with E-state index in [1.54, 1.807) is 0 Å². The molecule has 0 radical (unpaired) electrons. The molecule has 0 aromatic heterocycles. The number of fused-ring (bicyclic) bond motifs is 1. The van der Waals surface area contributed by atoms with Crippen molar-refractivity contribution in [1.29, 1.82) is 0 Å². The lowest BCUT2D eigenvalue weighted by Gasteiger charge is -2.20.